The van der Waals surface area contributed by atoms with E-state index in [4.69, 9.17) is 16.3 Å². The van der Waals surface area contributed by atoms with Gasteiger partial charge in [-0.05, 0) is 48.8 Å². The summed E-state index contributed by atoms with van der Waals surface area (Å²) in [5.74, 6) is 0.0352. The Labute approximate surface area is 147 Å². The van der Waals surface area contributed by atoms with Crippen LogP contribution in [0.2, 0.25) is 5.02 Å². The molecule has 3 atom stereocenters. The second-order valence-electron chi connectivity index (χ2n) is 6.77. The Balaban J connectivity index is 2.10. The number of ether oxygens (including phenoxy) is 1. The van der Waals surface area contributed by atoms with Gasteiger partial charge in [-0.25, -0.2) is 4.79 Å². The molecule has 5 nitrogen and oxygen atoms in total. The lowest BCUT2D eigenvalue weighted by molar-refractivity contribution is -0.150. The van der Waals surface area contributed by atoms with Crippen molar-refractivity contribution in [1.29, 1.82) is 0 Å². The first-order valence-corrected chi connectivity index (χ1v) is 8.52. The highest BCUT2D eigenvalue weighted by atomic mass is 35.5. The van der Waals surface area contributed by atoms with Crippen LogP contribution in [0.15, 0.2) is 18.2 Å². The zero-order valence-electron chi connectivity index (χ0n) is 14.3. The average Bonchev–Trinajstić information content (AvgIpc) is 2.52. The van der Waals surface area contributed by atoms with Crippen molar-refractivity contribution in [1.82, 2.24) is 5.32 Å². The van der Waals surface area contributed by atoms with E-state index in [0.29, 0.717) is 35.1 Å². The molecule has 0 radical (unpaired) electrons. The minimum absolute atomic E-state index is 0.0434. The van der Waals surface area contributed by atoms with Crippen LogP contribution in [0.3, 0.4) is 0 Å². The maximum absolute atomic E-state index is 12.4. The molecule has 0 bridgehead atoms. The Bertz CT molecular complexity index is 633. The summed E-state index contributed by atoms with van der Waals surface area (Å²) < 4.78 is 5.08. The SMILES string of the molecule is COc1ccc(CC(=O)NC2(C(=O)O)CCC(C)C(C)C2)c(Cl)c1. The molecule has 0 aromatic heterocycles. The predicted octanol–water partition coefficient (Wildman–Crippen LogP) is 3.29. The molecule has 2 N–H and O–H groups in total. The summed E-state index contributed by atoms with van der Waals surface area (Å²) in [7, 11) is 1.54. The van der Waals surface area contributed by atoms with Gasteiger partial charge < -0.3 is 15.2 Å². The summed E-state index contributed by atoms with van der Waals surface area (Å²) >= 11 is 6.16. The van der Waals surface area contributed by atoms with Gasteiger partial charge in [-0.1, -0.05) is 31.5 Å². The Kier molecular flexibility index (Phi) is 5.75. The summed E-state index contributed by atoms with van der Waals surface area (Å²) in [6.45, 7) is 4.16. The van der Waals surface area contributed by atoms with E-state index in [1.807, 2.05) is 6.92 Å². The van der Waals surface area contributed by atoms with Crippen LogP contribution in [0.25, 0.3) is 0 Å². The van der Waals surface area contributed by atoms with Gasteiger partial charge in [-0.2, -0.15) is 0 Å². The van der Waals surface area contributed by atoms with E-state index in [1.165, 1.54) is 0 Å². The van der Waals surface area contributed by atoms with Gasteiger partial charge in [0.05, 0.1) is 13.5 Å². The van der Waals surface area contributed by atoms with E-state index >= 15 is 0 Å². The maximum Gasteiger partial charge on any atom is 0.329 e. The van der Waals surface area contributed by atoms with E-state index in [0.717, 1.165) is 6.42 Å². The molecular weight excluding hydrogens is 330 g/mol. The van der Waals surface area contributed by atoms with Crippen molar-refractivity contribution in [2.45, 2.75) is 45.1 Å². The normalized spacial score (nSPS) is 26.7. The third-order valence-electron chi connectivity index (χ3n) is 5.07. The van der Waals surface area contributed by atoms with Crippen molar-refractivity contribution in [2.24, 2.45) is 11.8 Å². The van der Waals surface area contributed by atoms with Crippen LogP contribution < -0.4 is 10.1 Å². The Hall–Kier alpha value is -1.75. The van der Waals surface area contributed by atoms with Crippen LogP contribution >= 0.6 is 11.6 Å². The van der Waals surface area contributed by atoms with Gasteiger partial charge in [0.25, 0.3) is 0 Å². The maximum atomic E-state index is 12.4. The van der Waals surface area contributed by atoms with Crippen LogP contribution in [0.5, 0.6) is 5.75 Å². The molecule has 1 amide bonds. The number of nitrogens with one attached hydrogen (secondary N) is 1. The fourth-order valence-electron chi connectivity index (χ4n) is 3.26. The smallest absolute Gasteiger partial charge is 0.329 e. The third kappa shape index (κ3) is 4.01. The van der Waals surface area contributed by atoms with Crippen molar-refractivity contribution in [3.8, 4) is 5.75 Å². The number of carboxylic acid groups (broad SMARTS) is 1. The van der Waals surface area contributed by atoms with E-state index in [2.05, 4.69) is 12.2 Å². The topological polar surface area (TPSA) is 75.6 Å². The third-order valence-corrected chi connectivity index (χ3v) is 5.42. The van der Waals surface area contributed by atoms with Crippen LogP contribution in [-0.4, -0.2) is 29.6 Å². The van der Waals surface area contributed by atoms with Gasteiger partial charge in [0.1, 0.15) is 11.3 Å². The largest absolute Gasteiger partial charge is 0.497 e. The molecule has 3 unspecified atom stereocenters. The van der Waals surface area contributed by atoms with Crippen molar-refractivity contribution in [3.05, 3.63) is 28.8 Å². The number of hydrogen-bond acceptors (Lipinski definition) is 3. The standard InChI is InChI=1S/C18H24ClNO4/c1-11-6-7-18(17(22)23,10-12(11)2)20-16(21)8-13-4-5-14(24-3)9-15(13)19/h4-5,9,11-12H,6-8,10H2,1-3H3,(H,20,21)(H,22,23). The second kappa shape index (κ2) is 7.43. The minimum Gasteiger partial charge on any atom is -0.497 e. The van der Waals surface area contributed by atoms with Crippen LogP contribution in [0, 0.1) is 11.8 Å². The highest BCUT2D eigenvalue weighted by Gasteiger charge is 2.45. The molecule has 6 heteroatoms. The second-order valence-corrected chi connectivity index (χ2v) is 7.17. The summed E-state index contributed by atoms with van der Waals surface area (Å²) in [5, 5.41) is 12.9. The van der Waals surface area contributed by atoms with E-state index < -0.39 is 11.5 Å². The molecule has 1 aliphatic rings. The summed E-state index contributed by atoms with van der Waals surface area (Å²) in [6, 6.07) is 5.09. The molecular formula is C18H24ClNO4. The molecule has 1 aromatic carbocycles. The lowest BCUT2D eigenvalue weighted by Gasteiger charge is -2.40. The Morgan fingerprint density at radius 2 is 2.08 bits per heavy atom. The number of benzene rings is 1. The van der Waals surface area contributed by atoms with Crippen LogP contribution in [0.4, 0.5) is 0 Å². The minimum atomic E-state index is -1.18. The molecule has 1 aliphatic carbocycles. The molecule has 0 aliphatic heterocycles. The molecule has 0 heterocycles. The van der Waals surface area contributed by atoms with Gasteiger partial charge >= 0.3 is 5.97 Å². The first-order chi connectivity index (χ1) is 11.3. The Morgan fingerprint density at radius 3 is 2.62 bits per heavy atom. The van der Waals surface area contributed by atoms with Crippen molar-refractivity contribution in [3.63, 3.8) is 0 Å². The average molecular weight is 354 g/mol. The first kappa shape index (κ1) is 18.6. The fourth-order valence-corrected chi connectivity index (χ4v) is 3.49. The number of amides is 1. The number of carbonyl (C=O) groups excluding carboxylic acids is 1. The van der Waals surface area contributed by atoms with Gasteiger partial charge in [0.2, 0.25) is 5.91 Å². The highest BCUT2D eigenvalue weighted by molar-refractivity contribution is 6.31. The summed E-state index contributed by atoms with van der Waals surface area (Å²) in [4.78, 5) is 24.2. The molecule has 24 heavy (non-hydrogen) atoms. The van der Waals surface area contributed by atoms with E-state index in [1.54, 1.807) is 25.3 Å². The van der Waals surface area contributed by atoms with E-state index in [-0.39, 0.29) is 18.2 Å². The van der Waals surface area contributed by atoms with Crippen molar-refractivity contribution < 1.29 is 19.4 Å². The van der Waals surface area contributed by atoms with Crippen LogP contribution in [-0.2, 0) is 16.0 Å². The van der Waals surface area contributed by atoms with Gasteiger partial charge in [0.15, 0.2) is 0 Å². The van der Waals surface area contributed by atoms with Crippen molar-refractivity contribution in [2.75, 3.05) is 7.11 Å². The van der Waals surface area contributed by atoms with E-state index in [9.17, 15) is 14.7 Å². The zero-order chi connectivity index (χ0) is 17.9. The van der Waals surface area contributed by atoms with Crippen LogP contribution in [0.1, 0.15) is 38.7 Å². The highest BCUT2D eigenvalue weighted by Crippen LogP contribution is 2.36. The number of aliphatic carboxylic acids is 1. The number of halogens is 1. The molecule has 0 saturated heterocycles. The molecule has 0 spiro atoms. The number of methoxy groups -OCH3 is 1. The van der Waals surface area contributed by atoms with Crippen molar-refractivity contribution >= 4 is 23.5 Å². The molecule has 1 aromatic rings. The fraction of sp³-hybridized carbons (Fsp3) is 0.556. The van der Waals surface area contributed by atoms with Gasteiger partial charge in [-0.3, -0.25) is 4.79 Å². The number of carbonyl (C=O) groups is 2. The lowest BCUT2D eigenvalue weighted by Crippen LogP contribution is -2.58. The lowest BCUT2D eigenvalue weighted by atomic mass is 9.71. The summed E-state index contributed by atoms with van der Waals surface area (Å²) in [5.41, 5.74) is -0.533. The van der Waals surface area contributed by atoms with Gasteiger partial charge in [-0.15, -0.1) is 0 Å². The predicted molar refractivity (Wildman–Crippen MR) is 92.4 cm³/mol. The number of carboxylic acids is 1. The molecule has 2 rings (SSSR count). The molecule has 132 valence electrons. The first-order valence-electron chi connectivity index (χ1n) is 8.14. The molecule has 1 saturated carbocycles. The zero-order valence-corrected chi connectivity index (χ0v) is 15.0. The summed E-state index contributed by atoms with van der Waals surface area (Å²) in [6.07, 6.45) is 1.74. The van der Waals surface area contributed by atoms with Gasteiger partial charge in [0, 0.05) is 5.02 Å². The quantitative estimate of drug-likeness (QED) is 0.851. The Morgan fingerprint density at radius 1 is 1.38 bits per heavy atom. The number of hydrogen-bond donors (Lipinski definition) is 2. The molecule has 1 fully saturated rings. The number of rotatable bonds is 5. The monoisotopic (exact) mass is 353 g/mol.